The summed E-state index contributed by atoms with van der Waals surface area (Å²) in [5, 5.41) is 17.3. The van der Waals surface area contributed by atoms with Gasteiger partial charge < -0.3 is 89.4 Å². The van der Waals surface area contributed by atoms with E-state index in [1.807, 2.05) is 38.1 Å². The minimum Gasteiger partial charge on any atom is -0.394 e. The zero-order valence-corrected chi connectivity index (χ0v) is 53.2. The summed E-state index contributed by atoms with van der Waals surface area (Å²) in [5.41, 5.74) is 14.3. The summed E-state index contributed by atoms with van der Waals surface area (Å²) in [6.45, 7) is 11.3. The van der Waals surface area contributed by atoms with Gasteiger partial charge in [-0.3, -0.25) is 28.8 Å². The molecule has 3 rings (SSSR count). The molecule has 0 aliphatic rings. The lowest BCUT2D eigenvalue weighted by molar-refractivity contribution is -0.131. The van der Waals surface area contributed by atoms with Crippen LogP contribution in [0.3, 0.4) is 0 Å². The first kappa shape index (κ1) is 78.5. The number of hydrogen-bond acceptors (Lipinski definition) is 22. The van der Waals surface area contributed by atoms with E-state index in [2.05, 4.69) is 16.0 Å². The number of ether oxygens (including phenoxy) is 12. The molecule has 506 valence electrons. The van der Waals surface area contributed by atoms with Gasteiger partial charge >= 0.3 is 0 Å². The minimum atomic E-state index is -3.77. The molecule has 0 aromatic heterocycles. The first-order valence-electron chi connectivity index (χ1n) is 30.5. The monoisotopic (exact) mass is 1290 g/mol. The molecule has 8 N–H and O–H groups in total. The molecule has 0 fully saturated rings. The number of Topliss-reactive ketones (excluding diaryl/α,β-unsaturated/α-hetero) is 2. The van der Waals surface area contributed by atoms with Gasteiger partial charge in [-0.1, -0.05) is 59.7 Å². The molecule has 0 saturated carbocycles. The summed E-state index contributed by atoms with van der Waals surface area (Å²) in [6.07, 6.45) is 0.900. The number of hydrogen-bond donors (Lipinski definition) is 6. The summed E-state index contributed by atoms with van der Waals surface area (Å²) >= 11 is 0. The van der Waals surface area contributed by atoms with Gasteiger partial charge in [0.15, 0.2) is 15.6 Å². The normalized spacial score (nSPS) is 12.5. The van der Waals surface area contributed by atoms with E-state index in [9.17, 15) is 42.3 Å². The summed E-state index contributed by atoms with van der Waals surface area (Å²) in [7, 11) is -3.77. The molecule has 0 aliphatic heterocycles. The van der Waals surface area contributed by atoms with Gasteiger partial charge in [0.2, 0.25) is 17.7 Å². The number of nitrogens with two attached hydrogens (primary N) is 2. The first-order valence-corrected chi connectivity index (χ1v) is 32.2. The third kappa shape index (κ3) is 38.2. The Morgan fingerprint density at radius 2 is 0.856 bits per heavy atom. The Hall–Kier alpha value is -5.73. The van der Waals surface area contributed by atoms with Crippen LogP contribution >= 0.6 is 0 Å². The fourth-order valence-electron chi connectivity index (χ4n) is 8.08. The number of carbonyl (C=O) groups is 6. The van der Waals surface area contributed by atoms with E-state index in [1.54, 1.807) is 48.5 Å². The molecule has 0 spiro atoms. The summed E-state index contributed by atoms with van der Waals surface area (Å²) in [6, 6.07) is 19.5. The number of rotatable bonds is 58. The fraction of sp³-hybridized carbons (Fsp3) is 0.619. The molecule has 0 heterocycles. The molecular weight excluding hydrogens is 1190 g/mol. The van der Waals surface area contributed by atoms with Crippen LogP contribution in [0.25, 0.3) is 0 Å². The summed E-state index contributed by atoms with van der Waals surface area (Å²) in [5.74, 6) is -4.49. The highest BCUT2D eigenvalue weighted by Gasteiger charge is 2.28. The average molecular weight is 1290 g/mol. The second kappa shape index (κ2) is 49.9. The SMILES string of the molecule is Cc1ccc(CCC(CS(=O)(=O)c2ccc(C)cc2)C(=O)c2ccc(C(=O)NCCOCCOCCOCCOCCC(=O)C[C@@H](CNC(=O)[C@H](N)CO)C(=O)NCCOCCOCCOCCOCCOCCOCCOCCOCCC(N)=O)cc2)cc1. The smallest absolute Gasteiger partial charge is 0.251 e. The van der Waals surface area contributed by atoms with E-state index in [1.165, 1.54) is 0 Å². The van der Waals surface area contributed by atoms with Crippen LogP contribution in [0.5, 0.6) is 0 Å². The molecule has 0 saturated heterocycles. The predicted octanol–water partition coefficient (Wildman–Crippen LogP) is 1.53. The quantitative estimate of drug-likeness (QED) is 0.0345. The molecule has 3 aromatic rings. The Bertz CT molecular complexity index is 2550. The van der Waals surface area contributed by atoms with Crippen molar-refractivity contribution in [2.45, 2.75) is 56.9 Å². The molecule has 0 aliphatic carbocycles. The van der Waals surface area contributed by atoms with Gasteiger partial charge in [-0.25, -0.2) is 8.42 Å². The van der Waals surface area contributed by atoms with Crippen LogP contribution in [0.1, 0.15) is 63.1 Å². The van der Waals surface area contributed by atoms with Crippen molar-refractivity contribution in [3.8, 4) is 0 Å². The number of benzene rings is 3. The van der Waals surface area contributed by atoms with Crippen LogP contribution in [0, 0.1) is 25.7 Å². The van der Waals surface area contributed by atoms with Crippen molar-refractivity contribution in [2.24, 2.45) is 23.3 Å². The molecule has 1 unspecified atom stereocenters. The number of aryl methyl sites for hydroxylation is 3. The third-order valence-corrected chi connectivity index (χ3v) is 15.1. The fourth-order valence-corrected chi connectivity index (χ4v) is 9.67. The maximum absolute atomic E-state index is 13.8. The van der Waals surface area contributed by atoms with Crippen molar-refractivity contribution >= 4 is 45.0 Å². The molecule has 4 amide bonds. The number of nitrogens with one attached hydrogen (secondary N) is 3. The average Bonchev–Trinajstić information content (AvgIpc) is 2.66. The Labute approximate surface area is 529 Å². The van der Waals surface area contributed by atoms with Crippen LogP contribution in [0.2, 0.25) is 0 Å². The molecule has 26 nitrogen and oxygen atoms in total. The van der Waals surface area contributed by atoms with Crippen molar-refractivity contribution in [3.63, 3.8) is 0 Å². The van der Waals surface area contributed by atoms with E-state index >= 15 is 0 Å². The number of ketones is 2. The second-order valence-corrected chi connectivity index (χ2v) is 22.6. The number of sulfone groups is 1. The number of carbonyl (C=O) groups excluding carboxylic acids is 6. The van der Waals surface area contributed by atoms with E-state index in [4.69, 9.17) is 68.3 Å². The number of primary amides is 1. The highest BCUT2D eigenvalue weighted by atomic mass is 32.2. The lowest BCUT2D eigenvalue weighted by atomic mass is 9.92. The lowest BCUT2D eigenvalue weighted by Gasteiger charge is -2.18. The maximum Gasteiger partial charge on any atom is 0.251 e. The second-order valence-electron chi connectivity index (χ2n) is 20.6. The van der Waals surface area contributed by atoms with E-state index in [-0.39, 0.29) is 126 Å². The topological polar surface area (TPSA) is 356 Å². The number of aliphatic hydroxyl groups excluding tert-OH is 1. The molecule has 3 atom stereocenters. The van der Waals surface area contributed by atoms with E-state index < -0.39 is 52.0 Å². The van der Waals surface area contributed by atoms with Crippen molar-refractivity contribution in [1.82, 2.24) is 16.0 Å². The highest BCUT2D eigenvalue weighted by molar-refractivity contribution is 7.91. The van der Waals surface area contributed by atoms with Crippen LogP contribution in [0.4, 0.5) is 0 Å². The van der Waals surface area contributed by atoms with Crippen LogP contribution in [0.15, 0.2) is 77.7 Å². The van der Waals surface area contributed by atoms with Gasteiger partial charge in [0.25, 0.3) is 5.91 Å². The molecule has 90 heavy (non-hydrogen) atoms. The van der Waals surface area contributed by atoms with Crippen molar-refractivity contribution in [3.05, 3.63) is 101 Å². The Kier molecular flexibility index (Phi) is 43.5. The zero-order valence-electron chi connectivity index (χ0n) is 52.4. The summed E-state index contributed by atoms with van der Waals surface area (Å²) in [4.78, 5) is 75.7. The zero-order chi connectivity index (χ0) is 65.3. The highest BCUT2D eigenvalue weighted by Crippen LogP contribution is 2.23. The van der Waals surface area contributed by atoms with E-state index in [0.717, 1.165) is 16.7 Å². The maximum atomic E-state index is 13.8. The minimum absolute atomic E-state index is 0.0232. The molecule has 0 radical (unpaired) electrons. The third-order valence-electron chi connectivity index (χ3n) is 13.2. The van der Waals surface area contributed by atoms with Crippen molar-refractivity contribution < 1.29 is 99.1 Å². The van der Waals surface area contributed by atoms with Crippen molar-refractivity contribution in [2.75, 3.05) is 191 Å². The Morgan fingerprint density at radius 3 is 1.29 bits per heavy atom. The first-order chi connectivity index (χ1) is 43.6. The lowest BCUT2D eigenvalue weighted by Crippen LogP contribution is -2.47. The van der Waals surface area contributed by atoms with Crippen LogP contribution < -0.4 is 27.4 Å². The van der Waals surface area contributed by atoms with Gasteiger partial charge in [0.05, 0.1) is 182 Å². The van der Waals surface area contributed by atoms with Crippen LogP contribution in [-0.2, 0) is 92.3 Å². The molecular formula is C63H97N5O21S. The molecule has 27 heteroatoms. The van der Waals surface area contributed by atoms with E-state index in [0.29, 0.717) is 123 Å². The van der Waals surface area contributed by atoms with Crippen LogP contribution in [-0.4, -0.2) is 245 Å². The Morgan fingerprint density at radius 1 is 0.467 bits per heavy atom. The standard InChI is InChI=1S/C63H97N5O21S/c1-49-3-7-51(8-4-49)9-10-54(48-90(76,77)57-15-5-50(2)6-16-57)60(72)52-11-13-53(14-12-52)61(73)66-19-23-80-27-31-84-35-33-82-29-25-78-21-17-56(70)45-55(46-68-63(75)58(64)47-69)62(74)67-20-24-81-28-32-85-36-38-87-40-42-89-44-43-88-41-39-86-37-34-83-30-26-79-22-18-59(65)71/h3-8,11-16,54-55,58,69H,9-10,17-48,64H2,1-2H3,(H2,65,71)(H,66,73)(H,67,74)(H,68,75)/t54?,55-,58+/m0/s1. The summed E-state index contributed by atoms with van der Waals surface area (Å²) < 4.78 is 92.6. The predicted molar refractivity (Wildman–Crippen MR) is 332 cm³/mol. The molecule has 0 bridgehead atoms. The van der Waals surface area contributed by atoms with Gasteiger partial charge in [-0.15, -0.1) is 0 Å². The molecule has 3 aromatic carbocycles. The number of aliphatic hydroxyl groups is 1. The van der Waals surface area contributed by atoms with Gasteiger partial charge in [0, 0.05) is 55.9 Å². The largest absolute Gasteiger partial charge is 0.394 e. The number of amides is 4. The van der Waals surface area contributed by atoms with Gasteiger partial charge in [-0.2, -0.15) is 0 Å². The Balaban J connectivity index is 1.16. The van der Waals surface area contributed by atoms with Crippen molar-refractivity contribution in [1.29, 1.82) is 0 Å². The van der Waals surface area contributed by atoms with Gasteiger partial charge in [-0.05, 0) is 56.5 Å². The van der Waals surface area contributed by atoms with Gasteiger partial charge in [0.1, 0.15) is 11.8 Å².